The van der Waals surface area contributed by atoms with E-state index in [0.717, 1.165) is 4.31 Å². The van der Waals surface area contributed by atoms with Crippen LogP contribution in [0.25, 0.3) is 0 Å². The number of ether oxygens (including phenoxy) is 1. The third-order valence-electron chi connectivity index (χ3n) is 4.47. The maximum Gasteiger partial charge on any atom is 0.255 e. The molecule has 0 aliphatic rings. The highest BCUT2D eigenvalue weighted by molar-refractivity contribution is 7.89. The summed E-state index contributed by atoms with van der Waals surface area (Å²) in [5.74, 6) is -0.415. The van der Waals surface area contributed by atoms with Gasteiger partial charge in [0.05, 0.1) is 24.8 Å². The topological polar surface area (TPSA) is 88.1 Å². The highest BCUT2D eigenvalue weighted by Crippen LogP contribution is 2.18. The SMILES string of the molecule is COc1cccc(/C=N\NC(=O)CN(Cc2ccc(F)cc2)S(=O)(=O)c2ccccc2)c1. The Kier molecular flexibility index (Phi) is 7.69. The van der Waals surface area contributed by atoms with Crippen LogP contribution in [0.1, 0.15) is 11.1 Å². The van der Waals surface area contributed by atoms with Gasteiger partial charge in [0.15, 0.2) is 0 Å². The zero-order chi connectivity index (χ0) is 23.0. The Labute approximate surface area is 186 Å². The molecule has 0 atom stereocenters. The number of hydrogen-bond donors (Lipinski definition) is 1. The van der Waals surface area contributed by atoms with Crippen LogP contribution >= 0.6 is 0 Å². The summed E-state index contributed by atoms with van der Waals surface area (Å²) in [6.45, 7) is -0.575. The second-order valence-electron chi connectivity index (χ2n) is 6.78. The maximum absolute atomic E-state index is 13.2. The molecule has 0 saturated heterocycles. The van der Waals surface area contributed by atoms with Crippen LogP contribution in [0, 0.1) is 5.82 Å². The van der Waals surface area contributed by atoms with Gasteiger partial charge in [0, 0.05) is 6.54 Å². The third-order valence-corrected chi connectivity index (χ3v) is 6.28. The summed E-state index contributed by atoms with van der Waals surface area (Å²) in [7, 11) is -2.44. The molecular weight excluding hydrogens is 433 g/mol. The molecule has 7 nitrogen and oxygen atoms in total. The van der Waals surface area contributed by atoms with Crippen LogP contribution in [0.2, 0.25) is 0 Å². The largest absolute Gasteiger partial charge is 0.497 e. The quantitative estimate of drug-likeness (QED) is 0.397. The summed E-state index contributed by atoms with van der Waals surface area (Å²) in [5, 5.41) is 3.89. The minimum atomic E-state index is -3.98. The predicted molar refractivity (Wildman–Crippen MR) is 119 cm³/mol. The van der Waals surface area contributed by atoms with Gasteiger partial charge in [0.2, 0.25) is 10.0 Å². The molecule has 0 aliphatic carbocycles. The van der Waals surface area contributed by atoms with E-state index in [1.807, 2.05) is 0 Å². The summed E-state index contributed by atoms with van der Waals surface area (Å²) < 4.78 is 45.6. The van der Waals surface area contributed by atoms with Crippen molar-refractivity contribution in [2.24, 2.45) is 5.10 Å². The number of rotatable bonds is 9. The predicted octanol–water partition coefficient (Wildman–Crippen LogP) is 3.18. The molecule has 3 aromatic rings. The average Bonchev–Trinajstić information content (AvgIpc) is 2.80. The van der Waals surface area contributed by atoms with E-state index in [0.29, 0.717) is 16.9 Å². The second kappa shape index (κ2) is 10.7. The highest BCUT2D eigenvalue weighted by atomic mass is 32.2. The van der Waals surface area contributed by atoms with Gasteiger partial charge in [-0.2, -0.15) is 9.41 Å². The van der Waals surface area contributed by atoms with Gasteiger partial charge in [-0.25, -0.2) is 18.2 Å². The molecule has 1 amide bonds. The van der Waals surface area contributed by atoms with Gasteiger partial charge in [0.1, 0.15) is 11.6 Å². The highest BCUT2D eigenvalue weighted by Gasteiger charge is 2.26. The van der Waals surface area contributed by atoms with Gasteiger partial charge in [0.25, 0.3) is 5.91 Å². The van der Waals surface area contributed by atoms with Crippen molar-refractivity contribution in [1.29, 1.82) is 0 Å². The van der Waals surface area contributed by atoms with Crippen molar-refractivity contribution in [2.75, 3.05) is 13.7 Å². The van der Waals surface area contributed by atoms with E-state index in [2.05, 4.69) is 10.5 Å². The molecule has 0 unspecified atom stereocenters. The first-order chi connectivity index (χ1) is 15.4. The molecule has 32 heavy (non-hydrogen) atoms. The summed E-state index contributed by atoms with van der Waals surface area (Å²) >= 11 is 0. The number of hydrogen-bond acceptors (Lipinski definition) is 5. The van der Waals surface area contributed by atoms with Crippen molar-refractivity contribution in [3.63, 3.8) is 0 Å². The fourth-order valence-corrected chi connectivity index (χ4v) is 4.26. The lowest BCUT2D eigenvalue weighted by atomic mass is 10.2. The average molecular weight is 456 g/mol. The molecule has 0 heterocycles. The van der Waals surface area contributed by atoms with Crippen LogP contribution in [0.4, 0.5) is 4.39 Å². The number of benzene rings is 3. The molecule has 9 heteroatoms. The summed E-state index contributed by atoms with van der Waals surface area (Å²) in [4.78, 5) is 12.5. The van der Waals surface area contributed by atoms with E-state index in [4.69, 9.17) is 4.74 Å². The van der Waals surface area contributed by atoms with Crippen LogP contribution in [0.5, 0.6) is 5.75 Å². The van der Waals surface area contributed by atoms with Crippen molar-refractivity contribution in [1.82, 2.24) is 9.73 Å². The van der Waals surface area contributed by atoms with Crippen molar-refractivity contribution in [3.05, 3.63) is 95.8 Å². The molecular formula is C23H22FN3O4S. The lowest BCUT2D eigenvalue weighted by molar-refractivity contribution is -0.121. The number of amides is 1. The molecule has 3 aromatic carbocycles. The van der Waals surface area contributed by atoms with Crippen molar-refractivity contribution >= 4 is 22.1 Å². The fraction of sp³-hybridized carbons (Fsp3) is 0.130. The Balaban J connectivity index is 1.76. The van der Waals surface area contributed by atoms with E-state index in [9.17, 15) is 17.6 Å². The van der Waals surface area contributed by atoms with Crippen molar-refractivity contribution in [3.8, 4) is 5.75 Å². The summed E-state index contributed by atoms with van der Waals surface area (Å²) in [6, 6.07) is 20.3. The molecule has 0 aliphatic heterocycles. The first kappa shape index (κ1) is 23.1. The second-order valence-corrected chi connectivity index (χ2v) is 8.72. The fourth-order valence-electron chi connectivity index (χ4n) is 2.86. The van der Waals surface area contributed by atoms with E-state index < -0.39 is 28.3 Å². The number of hydrazone groups is 1. The number of carbonyl (C=O) groups is 1. The number of carbonyl (C=O) groups excluding carboxylic acids is 1. The van der Waals surface area contributed by atoms with Crippen LogP contribution in [-0.4, -0.2) is 38.5 Å². The molecule has 0 spiro atoms. The third kappa shape index (κ3) is 6.22. The zero-order valence-electron chi connectivity index (χ0n) is 17.3. The van der Waals surface area contributed by atoms with Gasteiger partial charge >= 0.3 is 0 Å². The molecule has 0 bridgehead atoms. The first-order valence-corrected chi connectivity index (χ1v) is 11.1. The molecule has 1 N–H and O–H groups in total. The number of halogens is 1. The summed E-state index contributed by atoms with van der Waals surface area (Å²) in [6.07, 6.45) is 1.43. The smallest absolute Gasteiger partial charge is 0.255 e. The minimum absolute atomic E-state index is 0.0507. The summed E-state index contributed by atoms with van der Waals surface area (Å²) in [5.41, 5.74) is 3.58. The lowest BCUT2D eigenvalue weighted by Crippen LogP contribution is -2.39. The molecule has 3 rings (SSSR count). The number of methoxy groups -OCH3 is 1. The monoisotopic (exact) mass is 455 g/mol. The molecule has 166 valence electrons. The van der Waals surface area contributed by atoms with Gasteiger partial charge < -0.3 is 4.74 Å². The Morgan fingerprint density at radius 2 is 1.78 bits per heavy atom. The van der Waals surface area contributed by atoms with Gasteiger partial charge in [-0.1, -0.05) is 42.5 Å². The normalized spacial score (nSPS) is 11.6. The number of nitrogens with zero attached hydrogens (tertiary/aromatic N) is 2. The zero-order valence-corrected chi connectivity index (χ0v) is 18.1. The van der Waals surface area contributed by atoms with Crippen molar-refractivity contribution < 1.29 is 22.3 Å². The first-order valence-electron chi connectivity index (χ1n) is 9.64. The van der Waals surface area contributed by atoms with E-state index in [1.165, 1.54) is 42.6 Å². The number of nitrogens with one attached hydrogen (secondary N) is 1. The standard InChI is InChI=1S/C23H22FN3O4S/c1-31-21-7-5-6-19(14-21)15-25-26-23(28)17-27(16-18-10-12-20(24)13-11-18)32(29,30)22-8-3-2-4-9-22/h2-15H,16-17H2,1H3,(H,26,28)/b25-15-. The van der Waals surface area contributed by atoms with Crippen LogP contribution in [0.3, 0.4) is 0 Å². The van der Waals surface area contributed by atoms with Crippen LogP contribution < -0.4 is 10.2 Å². The Hall–Kier alpha value is -3.56. The van der Waals surface area contributed by atoms with E-state index in [-0.39, 0.29) is 11.4 Å². The Bertz CT molecular complexity index is 1180. The van der Waals surface area contributed by atoms with E-state index in [1.54, 1.807) is 49.6 Å². The van der Waals surface area contributed by atoms with Crippen molar-refractivity contribution in [2.45, 2.75) is 11.4 Å². The molecule has 0 fully saturated rings. The van der Waals surface area contributed by atoms with Gasteiger partial charge in [-0.05, 0) is 47.5 Å². The Morgan fingerprint density at radius 1 is 1.06 bits per heavy atom. The lowest BCUT2D eigenvalue weighted by Gasteiger charge is -2.21. The number of sulfonamides is 1. The molecule has 0 aromatic heterocycles. The van der Waals surface area contributed by atoms with Crippen LogP contribution in [-0.2, 0) is 21.4 Å². The maximum atomic E-state index is 13.2. The van der Waals surface area contributed by atoms with E-state index >= 15 is 0 Å². The minimum Gasteiger partial charge on any atom is -0.497 e. The van der Waals surface area contributed by atoms with Gasteiger partial charge in [-0.15, -0.1) is 0 Å². The molecule has 0 radical (unpaired) electrons. The Morgan fingerprint density at radius 3 is 2.47 bits per heavy atom. The molecule has 0 saturated carbocycles. The van der Waals surface area contributed by atoms with Gasteiger partial charge in [-0.3, -0.25) is 4.79 Å². The van der Waals surface area contributed by atoms with Crippen LogP contribution in [0.15, 0.2) is 88.9 Å².